The molecule has 24 heavy (non-hydrogen) atoms. The van der Waals surface area contributed by atoms with Gasteiger partial charge in [-0.1, -0.05) is 0 Å². The van der Waals surface area contributed by atoms with E-state index in [1.165, 1.54) is 0 Å². The van der Waals surface area contributed by atoms with E-state index in [-0.39, 0.29) is 0 Å². The van der Waals surface area contributed by atoms with Crippen LogP contribution in [-0.2, 0) is 14.0 Å². The van der Waals surface area contributed by atoms with Crippen LogP contribution in [0.2, 0.25) is 0 Å². The number of nitrogens with one attached hydrogen (secondary N) is 1. The van der Waals surface area contributed by atoms with E-state index in [1.807, 2.05) is 55.4 Å². The van der Waals surface area contributed by atoms with Crippen molar-refractivity contribution in [3.05, 3.63) is 18.0 Å². The molecule has 1 aliphatic rings. The fourth-order valence-corrected chi connectivity index (χ4v) is 2.25. The summed E-state index contributed by atoms with van der Waals surface area (Å²) in [5.74, 6) is 0. The fourth-order valence-electron chi connectivity index (χ4n) is 2.25. The lowest BCUT2D eigenvalue weighted by Crippen LogP contribution is -2.41. The van der Waals surface area contributed by atoms with Crippen molar-refractivity contribution < 1.29 is 18.8 Å². The number of hydrogen-bond donors (Lipinski definition) is 1. The number of pyridine rings is 1. The third-order valence-electron chi connectivity index (χ3n) is 4.21. The second-order valence-electron chi connectivity index (χ2n) is 8.13. The molecule has 2 heterocycles. The summed E-state index contributed by atoms with van der Waals surface area (Å²) in [5.41, 5.74) is 0.524. The predicted octanol–water partition coefficient (Wildman–Crippen LogP) is 3.04. The quantitative estimate of drug-likeness (QED) is 0.842. The SMILES string of the molecule is Cc1cc(NC(=O)OC(C)(C)C)c(B2OC(C)(C)C(C)(C)O2)cn1. The van der Waals surface area contributed by atoms with Gasteiger partial charge < -0.3 is 14.0 Å². The average Bonchev–Trinajstić information content (AvgIpc) is 2.55. The monoisotopic (exact) mass is 334 g/mol. The summed E-state index contributed by atoms with van der Waals surface area (Å²) in [7, 11) is -0.604. The van der Waals surface area contributed by atoms with Crippen LogP contribution in [0.5, 0.6) is 0 Å². The maximum absolute atomic E-state index is 12.1. The van der Waals surface area contributed by atoms with Crippen LogP contribution in [-0.4, -0.2) is 35.0 Å². The zero-order valence-corrected chi connectivity index (χ0v) is 15.8. The van der Waals surface area contributed by atoms with Crippen LogP contribution in [0.25, 0.3) is 0 Å². The Morgan fingerprint density at radius 1 is 1.21 bits per heavy atom. The highest BCUT2D eigenvalue weighted by molar-refractivity contribution is 6.64. The molecule has 1 amide bonds. The Labute approximate surface area is 144 Å². The third-order valence-corrected chi connectivity index (χ3v) is 4.21. The third kappa shape index (κ3) is 4.08. The maximum Gasteiger partial charge on any atom is 0.498 e. The molecule has 2 rings (SSSR count). The number of rotatable bonds is 2. The van der Waals surface area contributed by atoms with Crippen LogP contribution in [0.4, 0.5) is 10.5 Å². The lowest BCUT2D eigenvalue weighted by atomic mass is 9.79. The Morgan fingerprint density at radius 2 is 1.75 bits per heavy atom. The smallest absolute Gasteiger partial charge is 0.444 e. The van der Waals surface area contributed by atoms with Gasteiger partial charge in [-0.05, 0) is 61.5 Å². The van der Waals surface area contributed by atoms with Crippen molar-refractivity contribution in [2.75, 3.05) is 5.32 Å². The molecule has 7 heteroatoms. The molecule has 0 aromatic carbocycles. The van der Waals surface area contributed by atoms with Crippen molar-refractivity contribution >= 4 is 24.4 Å². The fraction of sp³-hybridized carbons (Fsp3) is 0.647. The van der Waals surface area contributed by atoms with Gasteiger partial charge in [0.25, 0.3) is 0 Å². The first kappa shape index (κ1) is 18.7. The van der Waals surface area contributed by atoms with E-state index in [9.17, 15) is 4.79 Å². The van der Waals surface area contributed by atoms with Crippen molar-refractivity contribution in [2.45, 2.75) is 72.2 Å². The van der Waals surface area contributed by atoms with Crippen LogP contribution < -0.4 is 10.8 Å². The molecule has 1 aromatic rings. The van der Waals surface area contributed by atoms with Gasteiger partial charge in [0, 0.05) is 23.0 Å². The van der Waals surface area contributed by atoms with E-state index in [0.29, 0.717) is 11.2 Å². The first-order valence-corrected chi connectivity index (χ1v) is 8.13. The Kier molecular flexibility index (Phi) is 4.72. The molecule has 0 spiro atoms. The van der Waals surface area contributed by atoms with Gasteiger partial charge in [-0.25, -0.2) is 4.79 Å². The lowest BCUT2D eigenvalue weighted by Gasteiger charge is -2.32. The number of aromatic nitrogens is 1. The van der Waals surface area contributed by atoms with Crippen molar-refractivity contribution in [1.29, 1.82) is 0 Å². The second-order valence-corrected chi connectivity index (χ2v) is 8.13. The van der Waals surface area contributed by atoms with Gasteiger partial charge in [0.05, 0.1) is 11.2 Å². The Hall–Kier alpha value is -1.60. The maximum atomic E-state index is 12.1. The summed E-state index contributed by atoms with van der Waals surface area (Å²) < 4.78 is 17.4. The summed E-state index contributed by atoms with van der Waals surface area (Å²) in [5, 5.41) is 2.78. The number of hydrogen-bond acceptors (Lipinski definition) is 5. The lowest BCUT2D eigenvalue weighted by molar-refractivity contribution is 0.00578. The van der Waals surface area contributed by atoms with Crippen LogP contribution in [0.15, 0.2) is 12.3 Å². The number of aryl methyl sites for hydroxylation is 1. The minimum atomic E-state index is -0.604. The molecule has 1 N–H and O–H groups in total. The van der Waals surface area contributed by atoms with E-state index in [0.717, 1.165) is 5.69 Å². The minimum absolute atomic E-state index is 0.467. The molecule has 6 nitrogen and oxygen atoms in total. The van der Waals surface area contributed by atoms with Gasteiger partial charge >= 0.3 is 13.2 Å². The van der Waals surface area contributed by atoms with E-state index in [1.54, 1.807) is 12.3 Å². The zero-order valence-electron chi connectivity index (χ0n) is 15.8. The molecule has 1 aromatic heterocycles. The van der Waals surface area contributed by atoms with Crippen molar-refractivity contribution in [3.8, 4) is 0 Å². The molecule has 1 aliphatic heterocycles. The van der Waals surface area contributed by atoms with E-state index in [4.69, 9.17) is 14.0 Å². The van der Waals surface area contributed by atoms with Gasteiger partial charge in [0.2, 0.25) is 0 Å². The molecule has 1 fully saturated rings. The molecule has 0 atom stereocenters. The highest BCUT2D eigenvalue weighted by atomic mass is 16.7. The van der Waals surface area contributed by atoms with Crippen molar-refractivity contribution in [3.63, 3.8) is 0 Å². The van der Waals surface area contributed by atoms with Gasteiger partial charge in [-0.2, -0.15) is 0 Å². The Morgan fingerprint density at radius 3 is 2.25 bits per heavy atom. The number of ether oxygens (including phenoxy) is 1. The van der Waals surface area contributed by atoms with Crippen LogP contribution in [0, 0.1) is 6.92 Å². The van der Waals surface area contributed by atoms with Gasteiger partial charge in [-0.15, -0.1) is 0 Å². The van der Waals surface area contributed by atoms with Crippen molar-refractivity contribution in [1.82, 2.24) is 4.98 Å². The summed E-state index contributed by atoms with van der Waals surface area (Å²) >= 11 is 0. The molecule has 0 aliphatic carbocycles. The summed E-state index contributed by atoms with van der Waals surface area (Å²) in [6.07, 6.45) is 1.15. The average molecular weight is 334 g/mol. The highest BCUT2D eigenvalue weighted by Gasteiger charge is 2.52. The standard InChI is InChI=1S/C17H27BN2O4/c1-11-9-13(20-14(21)22-15(2,3)4)12(10-19-11)18-23-16(5,6)17(7,8)24-18/h9-10H,1-8H3,(H,19,20,21). The molecule has 0 bridgehead atoms. The molecular weight excluding hydrogens is 307 g/mol. The molecule has 132 valence electrons. The first-order valence-electron chi connectivity index (χ1n) is 8.13. The summed E-state index contributed by atoms with van der Waals surface area (Å²) in [6, 6.07) is 1.78. The number of nitrogens with zero attached hydrogens (tertiary/aromatic N) is 1. The number of carbonyl (C=O) groups excluding carboxylic acids is 1. The Balaban J connectivity index is 2.28. The number of anilines is 1. The molecule has 0 radical (unpaired) electrons. The van der Waals surface area contributed by atoms with E-state index >= 15 is 0 Å². The molecule has 1 saturated heterocycles. The van der Waals surface area contributed by atoms with Crippen LogP contribution in [0.3, 0.4) is 0 Å². The van der Waals surface area contributed by atoms with Crippen molar-refractivity contribution in [2.24, 2.45) is 0 Å². The normalized spacial score (nSPS) is 19.2. The highest BCUT2D eigenvalue weighted by Crippen LogP contribution is 2.37. The number of carbonyl (C=O) groups is 1. The van der Waals surface area contributed by atoms with Crippen LogP contribution >= 0.6 is 0 Å². The Bertz CT molecular complexity index is 622. The molecule has 0 saturated carbocycles. The second kappa shape index (κ2) is 6.04. The summed E-state index contributed by atoms with van der Waals surface area (Å²) in [6.45, 7) is 15.2. The number of amides is 1. The van der Waals surface area contributed by atoms with E-state index in [2.05, 4.69) is 10.3 Å². The van der Waals surface area contributed by atoms with Crippen LogP contribution in [0.1, 0.15) is 54.2 Å². The zero-order chi connectivity index (χ0) is 18.3. The minimum Gasteiger partial charge on any atom is -0.444 e. The van der Waals surface area contributed by atoms with Gasteiger partial charge in [0.1, 0.15) is 5.60 Å². The molecule has 0 unspecified atom stereocenters. The predicted molar refractivity (Wildman–Crippen MR) is 94.5 cm³/mol. The largest absolute Gasteiger partial charge is 0.498 e. The van der Waals surface area contributed by atoms with E-state index < -0.39 is 30.0 Å². The molecular formula is C17H27BN2O4. The first-order chi connectivity index (χ1) is 10.8. The van der Waals surface area contributed by atoms with Gasteiger partial charge in [0.15, 0.2) is 0 Å². The van der Waals surface area contributed by atoms with Gasteiger partial charge in [-0.3, -0.25) is 10.3 Å². The summed E-state index contributed by atoms with van der Waals surface area (Å²) in [4.78, 5) is 16.4. The topological polar surface area (TPSA) is 69.7 Å².